The van der Waals surface area contributed by atoms with Crippen molar-refractivity contribution in [3.8, 4) is 28.6 Å². The van der Waals surface area contributed by atoms with E-state index in [1.54, 1.807) is 6.07 Å². The van der Waals surface area contributed by atoms with E-state index in [1.165, 1.54) is 13.2 Å². The summed E-state index contributed by atoms with van der Waals surface area (Å²) in [6, 6.07) is 15.1. The molecule has 1 aromatic heterocycles. The molecule has 3 aromatic carbocycles. The van der Waals surface area contributed by atoms with Crippen LogP contribution in [0.15, 0.2) is 48.5 Å². The van der Waals surface area contributed by atoms with Gasteiger partial charge >= 0.3 is 0 Å². The molecule has 1 amide bonds. The van der Waals surface area contributed by atoms with E-state index in [0.29, 0.717) is 24.5 Å². The molecular weight excluding hydrogens is 444 g/mol. The molecule has 0 aliphatic carbocycles. The maximum Gasteiger partial charge on any atom is 0.254 e. The van der Waals surface area contributed by atoms with Crippen LogP contribution in [0.5, 0.6) is 17.2 Å². The second-order valence-corrected chi connectivity index (χ2v) is 8.93. The third kappa shape index (κ3) is 4.23. The average Bonchev–Trinajstić information content (AvgIpc) is 3.29. The highest BCUT2D eigenvalue weighted by Crippen LogP contribution is 2.39. The Morgan fingerprint density at radius 2 is 1.77 bits per heavy atom. The van der Waals surface area contributed by atoms with Crippen molar-refractivity contribution >= 4 is 22.6 Å². The topological polar surface area (TPSA) is 102 Å². The molecule has 0 bridgehead atoms. The smallest absolute Gasteiger partial charge is 0.254 e. The lowest BCUT2D eigenvalue weighted by atomic mass is 10.0. The number of imidazole rings is 1. The van der Waals surface area contributed by atoms with Gasteiger partial charge in [-0.2, -0.15) is 0 Å². The van der Waals surface area contributed by atoms with Crippen molar-refractivity contribution in [2.24, 2.45) is 0 Å². The molecule has 180 valence electrons. The second-order valence-electron chi connectivity index (χ2n) is 8.93. The number of rotatable bonds is 4. The van der Waals surface area contributed by atoms with E-state index in [2.05, 4.69) is 14.9 Å². The predicted molar refractivity (Wildman–Crippen MR) is 135 cm³/mol. The minimum absolute atomic E-state index is 0.0865. The van der Waals surface area contributed by atoms with Gasteiger partial charge in [0.1, 0.15) is 5.82 Å². The molecule has 1 aliphatic rings. The van der Waals surface area contributed by atoms with Crippen LogP contribution in [0.2, 0.25) is 0 Å². The lowest BCUT2D eigenvalue weighted by molar-refractivity contribution is 0.0746. The quantitative estimate of drug-likeness (QED) is 0.384. The highest BCUT2D eigenvalue weighted by molar-refractivity contribution is 5.96. The van der Waals surface area contributed by atoms with Crippen molar-refractivity contribution in [1.82, 2.24) is 14.9 Å². The van der Waals surface area contributed by atoms with Crippen LogP contribution in [0, 0.1) is 13.8 Å². The van der Waals surface area contributed by atoms with Gasteiger partial charge in [-0.25, -0.2) is 4.98 Å². The Morgan fingerprint density at radius 3 is 2.49 bits per heavy atom. The van der Waals surface area contributed by atoms with E-state index in [1.807, 2.05) is 55.1 Å². The molecule has 8 nitrogen and oxygen atoms in total. The fraction of sp³-hybridized carbons (Fsp3) is 0.259. The number of aryl methyl sites for hydroxylation is 2. The van der Waals surface area contributed by atoms with Crippen molar-refractivity contribution in [2.45, 2.75) is 13.8 Å². The van der Waals surface area contributed by atoms with Gasteiger partial charge in [0.05, 0.1) is 18.1 Å². The highest BCUT2D eigenvalue weighted by atomic mass is 16.5. The number of ether oxygens (including phenoxy) is 1. The van der Waals surface area contributed by atoms with Crippen LogP contribution in [0.1, 0.15) is 21.5 Å². The number of fused-ring (bicyclic) bond motifs is 1. The average molecular weight is 473 g/mol. The maximum absolute atomic E-state index is 13.0. The summed E-state index contributed by atoms with van der Waals surface area (Å²) in [5.41, 5.74) is 6.25. The highest BCUT2D eigenvalue weighted by Gasteiger charge is 2.24. The van der Waals surface area contributed by atoms with Crippen molar-refractivity contribution < 1.29 is 19.7 Å². The molecule has 1 aliphatic heterocycles. The van der Waals surface area contributed by atoms with Crippen LogP contribution >= 0.6 is 0 Å². The third-order valence-electron chi connectivity index (χ3n) is 6.56. The summed E-state index contributed by atoms with van der Waals surface area (Å²) in [7, 11) is 1.43. The van der Waals surface area contributed by atoms with Crippen LogP contribution in [-0.4, -0.2) is 64.3 Å². The number of benzene rings is 3. The SMILES string of the molecule is COc1cc(-c2nc3ccc(N4CCN(C(=O)c5ccc(C)cc5C)CC4)cc3[nH]2)cc(O)c1O. The van der Waals surface area contributed by atoms with Crippen molar-refractivity contribution in [2.75, 3.05) is 38.2 Å². The third-order valence-corrected chi connectivity index (χ3v) is 6.56. The number of aromatic hydroxyl groups is 2. The number of H-pyrrole nitrogens is 1. The van der Waals surface area contributed by atoms with E-state index in [0.717, 1.165) is 46.5 Å². The molecular formula is C27H28N4O4. The number of phenols is 2. The zero-order valence-electron chi connectivity index (χ0n) is 20.0. The number of phenolic OH excluding ortho intramolecular Hbond substituents is 2. The summed E-state index contributed by atoms with van der Waals surface area (Å²) in [6.45, 7) is 6.82. The fourth-order valence-electron chi connectivity index (χ4n) is 4.61. The van der Waals surface area contributed by atoms with E-state index in [4.69, 9.17) is 4.74 Å². The minimum atomic E-state index is -0.301. The maximum atomic E-state index is 13.0. The molecule has 0 radical (unpaired) electrons. The number of piperazine rings is 1. The van der Waals surface area contributed by atoms with Gasteiger partial charge < -0.3 is 29.7 Å². The zero-order chi connectivity index (χ0) is 24.7. The van der Waals surface area contributed by atoms with Crippen molar-refractivity contribution in [1.29, 1.82) is 0 Å². The van der Waals surface area contributed by atoms with Gasteiger partial charge in [0.15, 0.2) is 11.5 Å². The number of nitrogens with one attached hydrogen (secondary N) is 1. The lowest BCUT2D eigenvalue weighted by Gasteiger charge is -2.36. The van der Waals surface area contributed by atoms with Crippen molar-refractivity contribution in [3.63, 3.8) is 0 Å². The molecule has 35 heavy (non-hydrogen) atoms. The summed E-state index contributed by atoms with van der Waals surface area (Å²) in [6.07, 6.45) is 0. The first kappa shape index (κ1) is 22.6. The monoisotopic (exact) mass is 472 g/mol. The summed E-state index contributed by atoms with van der Waals surface area (Å²) in [5, 5.41) is 19.9. The Bertz CT molecular complexity index is 1420. The minimum Gasteiger partial charge on any atom is -0.504 e. The molecule has 4 aromatic rings. The van der Waals surface area contributed by atoms with Gasteiger partial charge in [-0.15, -0.1) is 0 Å². The molecule has 0 spiro atoms. The number of anilines is 1. The fourth-order valence-corrected chi connectivity index (χ4v) is 4.61. The van der Waals surface area contributed by atoms with E-state index in [-0.39, 0.29) is 23.2 Å². The molecule has 1 fully saturated rings. The molecule has 3 N–H and O–H groups in total. The molecule has 2 heterocycles. The number of aromatic amines is 1. The van der Waals surface area contributed by atoms with Gasteiger partial charge in [-0.3, -0.25) is 4.79 Å². The Balaban J connectivity index is 1.33. The number of aromatic nitrogens is 2. The zero-order valence-corrected chi connectivity index (χ0v) is 20.0. The summed E-state index contributed by atoms with van der Waals surface area (Å²) in [5.74, 6) is 0.256. The predicted octanol–water partition coefficient (Wildman–Crippen LogP) is 4.23. The number of carbonyl (C=O) groups is 1. The number of amides is 1. The number of hydrogen-bond donors (Lipinski definition) is 3. The van der Waals surface area contributed by atoms with Crippen LogP contribution in [0.4, 0.5) is 5.69 Å². The number of nitrogens with zero attached hydrogens (tertiary/aromatic N) is 3. The largest absolute Gasteiger partial charge is 0.504 e. The number of methoxy groups -OCH3 is 1. The van der Waals surface area contributed by atoms with Gasteiger partial charge in [0.2, 0.25) is 5.75 Å². The van der Waals surface area contributed by atoms with E-state index < -0.39 is 0 Å². The van der Waals surface area contributed by atoms with Crippen molar-refractivity contribution in [3.05, 3.63) is 65.2 Å². The molecule has 1 saturated heterocycles. The van der Waals surface area contributed by atoms with E-state index >= 15 is 0 Å². The Kier molecular flexibility index (Phi) is 5.72. The van der Waals surface area contributed by atoms with Gasteiger partial charge in [0.25, 0.3) is 5.91 Å². The Morgan fingerprint density at radius 1 is 1.00 bits per heavy atom. The van der Waals surface area contributed by atoms with Crippen LogP contribution in [0.25, 0.3) is 22.4 Å². The van der Waals surface area contributed by atoms with E-state index in [9.17, 15) is 15.0 Å². The number of carbonyl (C=O) groups excluding carboxylic acids is 1. The molecule has 0 saturated carbocycles. The van der Waals surface area contributed by atoms with Gasteiger partial charge in [-0.1, -0.05) is 17.7 Å². The summed E-state index contributed by atoms with van der Waals surface area (Å²) >= 11 is 0. The van der Waals surface area contributed by atoms with Gasteiger partial charge in [-0.05, 0) is 55.8 Å². The van der Waals surface area contributed by atoms with Crippen LogP contribution < -0.4 is 9.64 Å². The molecule has 0 unspecified atom stereocenters. The first-order valence-electron chi connectivity index (χ1n) is 11.6. The standard InChI is InChI=1S/C27H28N4O4/c1-16-4-6-20(17(2)12-16)27(34)31-10-8-30(9-11-31)19-5-7-21-22(15-19)29-26(28-21)18-13-23(32)25(33)24(14-18)35-3/h4-7,12-15,32-33H,8-11H2,1-3H3,(H,28,29). The summed E-state index contributed by atoms with van der Waals surface area (Å²) in [4.78, 5) is 25.1. The number of hydrogen-bond acceptors (Lipinski definition) is 6. The van der Waals surface area contributed by atoms with Gasteiger partial charge in [0, 0.05) is 43.0 Å². The first-order valence-corrected chi connectivity index (χ1v) is 11.6. The second kappa shape index (κ2) is 8.87. The normalized spacial score (nSPS) is 13.9. The molecule has 0 atom stereocenters. The summed E-state index contributed by atoms with van der Waals surface area (Å²) < 4.78 is 5.14. The first-order chi connectivity index (χ1) is 16.8. The van der Waals surface area contributed by atoms with Crippen LogP contribution in [-0.2, 0) is 0 Å². The molecule has 5 rings (SSSR count). The lowest BCUT2D eigenvalue weighted by Crippen LogP contribution is -2.48. The van der Waals surface area contributed by atoms with Crippen LogP contribution in [0.3, 0.4) is 0 Å². The molecule has 8 heteroatoms. The Labute approximate surface area is 203 Å². The Hall–Kier alpha value is -4.20.